The van der Waals surface area contributed by atoms with Gasteiger partial charge < -0.3 is 5.11 Å². The molecule has 3 nitrogen and oxygen atoms in total. The second-order valence-electron chi connectivity index (χ2n) is 4.05. The van der Waals surface area contributed by atoms with Crippen LogP contribution in [-0.2, 0) is 13.0 Å². The Hall–Kier alpha value is -1.74. The Kier molecular flexibility index (Phi) is 16.0. The molecule has 22 heavy (non-hydrogen) atoms. The Morgan fingerprint density at radius 2 is 1.18 bits per heavy atom. The van der Waals surface area contributed by atoms with Crippen LogP contribution in [-0.4, -0.2) is 15.1 Å². The lowest BCUT2D eigenvalue weighted by Gasteiger charge is -1.94. The van der Waals surface area contributed by atoms with E-state index in [-0.39, 0.29) is 6.61 Å². The van der Waals surface area contributed by atoms with E-state index < -0.39 is 0 Å². The zero-order chi connectivity index (χ0) is 17.4. The van der Waals surface area contributed by atoms with Crippen molar-refractivity contribution in [1.82, 2.24) is 9.97 Å². The summed E-state index contributed by atoms with van der Waals surface area (Å²) in [6, 6.07) is 11.7. The van der Waals surface area contributed by atoms with Crippen molar-refractivity contribution in [3.63, 3.8) is 0 Å². The predicted molar refractivity (Wildman–Crippen MR) is 95.9 cm³/mol. The van der Waals surface area contributed by atoms with Crippen molar-refractivity contribution in [3.8, 4) is 0 Å². The molecule has 2 rings (SSSR count). The van der Waals surface area contributed by atoms with Gasteiger partial charge in [-0.3, -0.25) is 9.97 Å². The molecule has 1 N–H and O–H groups in total. The lowest BCUT2D eigenvalue weighted by atomic mass is 10.3. The Morgan fingerprint density at radius 3 is 1.45 bits per heavy atom. The molecule has 2 aromatic heterocycles. The highest BCUT2D eigenvalue weighted by Crippen LogP contribution is 1.97. The molecule has 0 radical (unpaired) electrons. The van der Waals surface area contributed by atoms with Gasteiger partial charge in [-0.2, -0.15) is 0 Å². The average molecular weight is 304 g/mol. The molecule has 0 saturated heterocycles. The summed E-state index contributed by atoms with van der Waals surface area (Å²) >= 11 is 0. The Bertz CT molecular complexity index is 439. The van der Waals surface area contributed by atoms with Crippen LogP contribution in [0.2, 0.25) is 0 Å². The van der Waals surface area contributed by atoms with Crippen LogP contribution in [0.25, 0.3) is 0 Å². The molecule has 0 saturated carbocycles. The maximum absolute atomic E-state index is 8.60. The van der Waals surface area contributed by atoms with Gasteiger partial charge in [0.25, 0.3) is 0 Å². The maximum atomic E-state index is 8.60. The van der Waals surface area contributed by atoms with Crippen LogP contribution in [0, 0.1) is 13.8 Å². The third-order valence-electron chi connectivity index (χ3n) is 2.42. The minimum Gasteiger partial charge on any atom is -0.390 e. The molecular formula is C19H32N2O. The van der Waals surface area contributed by atoms with E-state index in [1.807, 2.05) is 71.9 Å². The van der Waals surface area contributed by atoms with Gasteiger partial charge in [-0.1, -0.05) is 46.8 Å². The molecule has 0 spiro atoms. The van der Waals surface area contributed by atoms with E-state index >= 15 is 0 Å². The van der Waals surface area contributed by atoms with Crippen molar-refractivity contribution in [1.29, 1.82) is 0 Å². The van der Waals surface area contributed by atoms with Crippen LogP contribution in [0.4, 0.5) is 0 Å². The van der Waals surface area contributed by atoms with Crippen LogP contribution < -0.4 is 0 Å². The number of pyridine rings is 2. The third-order valence-corrected chi connectivity index (χ3v) is 2.42. The number of hydrogen-bond acceptors (Lipinski definition) is 3. The summed E-state index contributed by atoms with van der Waals surface area (Å²) in [6.45, 7) is 14.1. The smallest absolute Gasteiger partial charge is 0.0853 e. The fourth-order valence-corrected chi connectivity index (χ4v) is 1.48. The fourth-order valence-electron chi connectivity index (χ4n) is 1.48. The second kappa shape index (κ2) is 15.6. The van der Waals surface area contributed by atoms with E-state index in [4.69, 9.17) is 5.11 Å². The highest BCUT2D eigenvalue weighted by molar-refractivity contribution is 5.09. The number of aliphatic hydroxyl groups is 1. The molecule has 0 aromatic carbocycles. The summed E-state index contributed by atoms with van der Waals surface area (Å²) in [5.41, 5.74) is 3.96. The van der Waals surface area contributed by atoms with Gasteiger partial charge in [-0.05, 0) is 44.5 Å². The number of aromatic nitrogens is 2. The van der Waals surface area contributed by atoms with E-state index in [2.05, 4.69) is 16.9 Å². The molecule has 0 atom stereocenters. The quantitative estimate of drug-likeness (QED) is 0.859. The van der Waals surface area contributed by atoms with Crippen LogP contribution >= 0.6 is 0 Å². The van der Waals surface area contributed by atoms with E-state index in [0.717, 1.165) is 23.5 Å². The minimum atomic E-state index is 0.0294. The van der Waals surface area contributed by atoms with Crippen LogP contribution in [0.5, 0.6) is 0 Å². The zero-order valence-electron chi connectivity index (χ0n) is 15.2. The Labute approximate surface area is 136 Å². The normalized spacial score (nSPS) is 8.36. The van der Waals surface area contributed by atoms with Crippen LogP contribution in [0.15, 0.2) is 36.4 Å². The topological polar surface area (TPSA) is 46.0 Å². The first-order chi connectivity index (χ1) is 10.7. The molecule has 124 valence electrons. The van der Waals surface area contributed by atoms with Gasteiger partial charge in [0.2, 0.25) is 0 Å². The fraction of sp³-hybridized carbons (Fsp3) is 0.474. The molecule has 2 aromatic rings. The van der Waals surface area contributed by atoms with Crippen molar-refractivity contribution in [2.45, 2.75) is 61.5 Å². The SMILES string of the molecule is CC.CC.CCc1cccc(C)n1.Cc1cccc(CO)n1. The first kappa shape index (κ1) is 22.5. The van der Waals surface area contributed by atoms with Gasteiger partial charge in [-0.25, -0.2) is 0 Å². The molecule has 0 aliphatic heterocycles. The van der Waals surface area contributed by atoms with Crippen LogP contribution in [0.1, 0.15) is 57.4 Å². The standard InChI is InChI=1S/C8H11N.C7H9NO.2C2H6/c1-3-8-6-4-5-7(2)9-8;1-6-3-2-4-7(5-9)8-6;2*1-2/h4-6H,3H2,1-2H3;2-4,9H,5H2,1H3;2*1-2H3. The highest BCUT2D eigenvalue weighted by Gasteiger charge is 1.88. The molecule has 0 aliphatic rings. The molecule has 2 heterocycles. The van der Waals surface area contributed by atoms with E-state index in [1.165, 1.54) is 5.69 Å². The lowest BCUT2D eigenvalue weighted by molar-refractivity contribution is 0.276. The molecule has 0 unspecified atom stereocenters. The minimum absolute atomic E-state index is 0.0294. The summed E-state index contributed by atoms with van der Waals surface area (Å²) in [7, 11) is 0. The van der Waals surface area contributed by atoms with Crippen molar-refractivity contribution < 1.29 is 5.11 Å². The largest absolute Gasteiger partial charge is 0.390 e. The number of nitrogens with zero attached hydrogens (tertiary/aromatic N) is 2. The van der Waals surface area contributed by atoms with Gasteiger partial charge in [-0.15, -0.1) is 0 Å². The zero-order valence-corrected chi connectivity index (χ0v) is 15.2. The Morgan fingerprint density at radius 1 is 0.773 bits per heavy atom. The average Bonchev–Trinajstić information content (AvgIpc) is 2.59. The maximum Gasteiger partial charge on any atom is 0.0853 e. The summed E-state index contributed by atoms with van der Waals surface area (Å²) in [6.07, 6.45) is 1.03. The Balaban J connectivity index is 0. The molecule has 3 heteroatoms. The van der Waals surface area contributed by atoms with Crippen molar-refractivity contribution >= 4 is 0 Å². The summed E-state index contributed by atoms with van der Waals surface area (Å²) in [5, 5.41) is 8.60. The monoisotopic (exact) mass is 304 g/mol. The highest BCUT2D eigenvalue weighted by atomic mass is 16.3. The number of rotatable bonds is 2. The molecule has 0 aliphatic carbocycles. The van der Waals surface area contributed by atoms with Crippen molar-refractivity contribution in [2.75, 3.05) is 0 Å². The number of aliphatic hydroxyl groups excluding tert-OH is 1. The molecular weight excluding hydrogens is 272 g/mol. The van der Waals surface area contributed by atoms with Gasteiger partial charge in [0.1, 0.15) is 0 Å². The van der Waals surface area contributed by atoms with E-state index in [1.54, 1.807) is 6.07 Å². The van der Waals surface area contributed by atoms with Crippen molar-refractivity contribution in [3.05, 3.63) is 59.2 Å². The first-order valence-electron chi connectivity index (χ1n) is 8.11. The van der Waals surface area contributed by atoms with Gasteiger partial charge in [0.05, 0.1) is 12.3 Å². The van der Waals surface area contributed by atoms with E-state index in [9.17, 15) is 0 Å². The summed E-state index contributed by atoms with van der Waals surface area (Å²) < 4.78 is 0. The molecule has 0 amide bonds. The first-order valence-corrected chi connectivity index (χ1v) is 8.11. The number of hydrogen-bond donors (Lipinski definition) is 1. The lowest BCUT2D eigenvalue weighted by Crippen LogP contribution is -1.89. The molecule has 0 bridgehead atoms. The van der Waals surface area contributed by atoms with Gasteiger partial charge >= 0.3 is 0 Å². The van der Waals surface area contributed by atoms with Gasteiger partial charge in [0.15, 0.2) is 0 Å². The van der Waals surface area contributed by atoms with Gasteiger partial charge in [0, 0.05) is 17.1 Å². The summed E-state index contributed by atoms with van der Waals surface area (Å²) in [5.74, 6) is 0. The molecule has 0 fully saturated rings. The van der Waals surface area contributed by atoms with Crippen LogP contribution in [0.3, 0.4) is 0 Å². The van der Waals surface area contributed by atoms with Crippen molar-refractivity contribution in [2.24, 2.45) is 0 Å². The number of aryl methyl sites for hydroxylation is 3. The second-order valence-corrected chi connectivity index (χ2v) is 4.05. The predicted octanol–water partition coefficient (Wildman–Crippen LogP) is 4.89. The summed E-state index contributed by atoms with van der Waals surface area (Å²) in [4.78, 5) is 8.33. The van der Waals surface area contributed by atoms with E-state index in [0.29, 0.717) is 0 Å². The third kappa shape index (κ3) is 11.0.